The third-order valence-corrected chi connectivity index (χ3v) is 7.74. The van der Waals surface area contributed by atoms with Crippen LogP contribution in [-0.4, -0.2) is 71.1 Å². The molecule has 0 bridgehead atoms. The summed E-state index contributed by atoms with van der Waals surface area (Å²) in [7, 11) is 1.65. The lowest BCUT2D eigenvalue weighted by Crippen LogP contribution is -2.58. The molecule has 0 saturated carbocycles. The van der Waals surface area contributed by atoms with Gasteiger partial charge in [0.25, 0.3) is 0 Å². The largest absolute Gasteiger partial charge is 0.497 e. The number of fused-ring (bicyclic) bond motifs is 1. The SMILES string of the molecule is COc1ccc(CCN2CCC(NC3N(Cc4ccc(F)cc4)c4cnccc4N3/C(=C\C(=O)O)C(=O)O)CC2)cc1. The minimum absolute atomic E-state index is 0.0487. The minimum atomic E-state index is -1.36. The zero-order chi connectivity index (χ0) is 29.6. The Bertz CT molecular complexity index is 1420. The molecule has 1 fully saturated rings. The number of ether oxygens (including phenoxy) is 1. The number of nitrogens with one attached hydrogen (secondary N) is 1. The number of pyridine rings is 1. The Morgan fingerprint density at radius 2 is 1.71 bits per heavy atom. The molecule has 3 N–H and O–H groups in total. The first-order valence-electron chi connectivity index (χ1n) is 13.9. The van der Waals surface area contributed by atoms with Gasteiger partial charge in [0.15, 0.2) is 6.29 Å². The minimum Gasteiger partial charge on any atom is -0.497 e. The highest BCUT2D eigenvalue weighted by Gasteiger charge is 2.41. The van der Waals surface area contributed by atoms with Gasteiger partial charge in [0.2, 0.25) is 0 Å². The molecule has 0 radical (unpaired) electrons. The van der Waals surface area contributed by atoms with Crippen molar-refractivity contribution in [3.05, 3.63) is 95.7 Å². The van der Waals surface area contributed by atoms with Crippen LogP contribution in [0.4, 0.5) is 15.8 Å². The summed E-state index contributed by atoms with van der Waals surface area (Å²) >= 11 is 0. The van der Waals surface area contributed by atoms with E-state index in [1.807, 2.05) is 17.0 Å². The van der Waals surface area contributed by atoms with Gasteiger partial charge >= 0.3 is 11.9 Å². The molecule has 42 heavy (non-hydrogen) atoms. The molecule has 1 saturated heterocycles. The Morgan fingerprint density at radius 3 is 2.36 bits per heavy atom. The Hall–Kier alpha value is -4.48. The summed E-state index contributed by atoms with van der Waals surface area (Å²) in [5.41, 5.74) is 2.86. The quantitative estimate of drug-likeness (QED) is 0.292. The van der Waals surface area contributed by atoms with Crippen LogP contribution < -0.4 is 19.9 Å². The number of piperidine rings is 1. The number of likely N-dealkylation sites (tertiary alicyclic amines) is 1. The van der Waals surface area contributed by atoms with E-state index in [-0.39, 0.29) is 17.6 Å². The first-order valence-corrected chi connectivity index (χ1v) is 13.9. The molecule has 3 aromatic rings. The second kappa shape index (κ2) is 13.0. The highest BCUT2D eigenvalue weighted by atomic mass is 19.1. The van der Waals surface area contributed by atoms with E-state index in [0.29, 0.717) is 24.0 Å². The second-order valence-electron chi connectivity index (χ2n) is 10.4. The fourth-order valence-corrected chi connectivity index (χ4v) is 5.56. The van der Waals surface area contributed by atoms with Crippen LogP contribution in [0, 0.1) is 5.82 Å². The van der Waals surface area contributed by atoms with Crippen molar-refractivity contribution < 1.29 is 28.9 Å². The standard InChI is InChI=1S/C31H34FN5O5/c1-42-25-8-4-21(5-9-25)11-15-35-16-12-24(13-17-35)34-31-36(20-22-2-6-23(32)7-3-22)28-19-33-14-10-26(28)37(31)27(30(40)41)18-29(38)39/h2-10,14,18-19,24,31,34H,11-13,15-17,20H2,1H3,(H,38,39)(H,40,41)/b27-18-. The number of aliphatic carboxylic acids is 2. The maximum atomic E-state index is 13.6. The van der Waals surface area contributed by atoms with Crippen molar-refractivity contribution in [2.24, 2.45) is 0 Å². The number of carbonyl (C=O) groups is 2. The first-order chi connectivity index (χ1) is 20.3. The molecule has 2 aliphatic rings. The molecule has 1 unspecified atom stereocenters. The summed E-state index contributed by atoms with van der Waals surface area (Å²) in [6, 6.07) is 15.9. The first kappa shape index (κ1) is 29.0. The van der Waals surface area contributed by atoms with Crippen molar-refractivity contribution in [1.82, 2.24) is 15.2 Å². The van der Waals surface area contributed by atoms with Gasteiger partial charge < -0.3 is 24.7 Å². The predicted octanol–water partition coefficient (Wildman–Crippen LogP) is 3.69. The number of carboxylic acid groups (broad SMARTS) is 2. The number of benzene rings is 2. The Labute approximate surface area is 243 Å². The number of halogens is 1. The number of hydrogen-bond acceptors (Lipinski definition) is 8. The molecule has 0 aliphatic carbocycles. The summed E-state index contributed by atoms with van der Waals surface area (Å²) in [4.78, 5) is 34.1. The van der Waals surface area contributed by atoms with Gasteiger partial charge in [-0.25, -0.2) is 14.0 Å². The maximum absolute atomic E-state index is 13.6. The predicted molar refractivity (Wildman–Crippen MR) is 156 cm³/mol. The van der Waals surface area contributed by atoms with E-state index >= 15 is 0 Å². The molecule has 11 heteroatoms. The van der Waals surface area contributed by atoms with E-state index in [9.17, 15) is 24.2 Å². The summed E-state index contributed by atoms with van der Waals surface area (Å²) < 4.78 is 18.9. The van der Waals surface area contributed by atoms with E-state index in [4.69, 9.17) is 4.74 Å². The van der Waals surface area contributed by atoms with Gasteiger partial charge in [0.05, 0.1) is 30.8 Å². The van der Waals surface area contributed by atoms with Crippen LogP contribution in [0.25, 0.3) is 0 Å². The summed E-state index contributed by atoms with van der Waals surface area (Å²) in [6.07, 6.45) is 5.78. The highest BCUT2D eigenvalue weighted by Crippen LogP contribution is 2.41. The van der Waals surface area contributed by atoms with Crippen molar-refractivity contribution >= 4 is 23.3 Å². The van der Waals surface area contributed by atoms with E-state index in [2.05, 4.69) is 27.3 Å². The fourth-order valence-electron chi connectivity index (χ4n) is 5.56. The Morgan fingerprint density at radius 1 is 1.02 bits per heavy atom. The monoisotopic (exact) mass is 575 g/mol. The third kappa shape index (κ3) is 6.69. The molecular weight excluding hydrogens is 541 g/mol. The zero-order valence-corrected chi connectivity index (χ0v) is 23.3. The molecule has 1 aromatic heterocycles. The van der Waals surface area contributed by atoms with E-state index in [1.165, 1.54) is 22.6 Å². The molecule has 220 valence electrons. The molecule has 0 spiro atoms. The summed E-state index contributed by atoms with van der Waals surface area (Å²) in [5.74, 6) is -2.23. The van der Waals surface area contributed by atoms with Crippen LogP contribution in [0.5, 0.6) is 5.75 Å². The van der Waals surface area contributed by atoms with Crippen molar-refractivity contribution in [3.8, 4) is 5.75 Å². The van der Waals surface area contributed by atoms with Gasteiger partial charge in [0.1, 0.15) is 17.3 Å². The van der Waals surface area contributed by atoms with Gasteiger partial charge in [-0.2, -0.15) is 0 Å². The average molecular weight is 576 g/mol. The number of aromatic nitrogens is 1. The number of methoxy groups -OCH3 is 1. The average Bonchev–Trinajstić information content (AvgIpc) is 3.28. The van der Waals surface area contributed by atoms with Crippen LogP contribution in [0.3, 0.4) is 0 Å². The summed E-state index contributed by atoms with van der Waals surface area (Å²) in [5, 5.41) is 23.2. The smallest absolute Gasteiger partial charge is 0.352 e. The molecular formula is C31H34FN5O5. The van der Waals surface area contributed by atoms with E-state index < -0.39 is 18.2 Å². The molecule has 2 aliphatic heterocycles. The van der Waals surface area contributed by atoms with Gasteiger partial charge in [-0.3, -0.25) is 15.2 Å². The summed E-state index contributed by atoms with van der Waals surface area (Å²) in [6.45, 7) is 2.98. The zero-order valence-electron chi connectivity index (χ0n) is 23.3. The topological polar surface area (TPSA) is 118 Å². The lowest BCUT2D eigenvalue weighted by atomic mass is 10.0. The van der Waals surface area contributed by atoms with Crippen LogP contribution >= 0.6 is 0 Å². The lowest BCUT2D eigenvalue weighted by Gasteiger charge is -2.39. The molecule has 3 heterocycles. The number of rotatable bonds is 11. The van der Waals surface area contributed by atoms with Crippen molar-refractivity contribution in [1.29, 1.82) is 0 Å². The molecule has 5 rings (SSSR count). The maximum Gasteiger partial charge on any atom is 0.352 e. The highest BCUT2D eigenvalue weighted by molar-refractivity contribution is 6.00. The third-order valence-electron chi connectivity index (χ3n) is 7.74. The van der Waals surface area contributed by atoms with E-state index in [0.717, 1.165) is 50.2 Å². The van der Waals surface area contributed by atoms with Crippen molar-refractivity contribution in [2.75, 3.05) is 36.5 Å². The number of hydrogen-bond donors (Lipinski definition) is 3. The second-order valence-corrected chi connectivity index (χ2v) is 10.4. The normalized spacial score (nSPS) is 17.8. The number of anilines is 2. The number of carboxylic acids is 2. The lowest BCUT2D eigenvalue weighted by molar-refractivity contribution is -0.135. The van der Waals surface area contributed by atoms with Gasteiger partial charge in [0, 0.05) is 25.3 Å². The van der Waals surface area contributed by atoms with Gasteiger partial charge in [-0.15, -0.1) is 0 Å². The molecule has 0 amide bonds. The van der Waals surface area contributed by atoms with E-state index in [1.54, 1.807) is 37.7 Å². The van der Waals surface area contributed by atoms with Crippen LogP contribution in [0.1, 0.15) is 24.0 Å². The van der Waals surface area contributed by atoms with Crippen LogP contribution in [0.15, 0.2) is 78.8 Å². The van der Waals surface area contributed by atoms with Crippen LogP contribution in [0.2, 0.25) is 0 Å². The number of nitrogens with zero attached hydrogens (tertiary/aromatic N) is 4. The molecule has 1 atom stereocenters. The van der Waals surface area contributed by atoms with Crippen molar-refractivity contribution in [2.45, 2.75) is 38.1 Å². The molecule has 2 aromatic carbocycles. The molecule has 10 nitrogen and oxygen atoms in total. The fraction of sp³-hybridized carbons (Fsp3) is 0.323. The van der Waals surface area contributed by atoms with Gasteiger partial charge in [-0.05, 0) is 73.8 Å². The Kier molecular flexibility index (Phi) is 8.99. The van der Waals surface area contributed by atoms with Crippen LogP contribution in [-0.2, 0) is 22.6 Å². The van der Waals surface area contributed by atoms with Crippen molar-refractivity contribution in [3.63, 3.8) is 0 Å². The van der Waals surface area contributed by atoms with Gasteiger partial charge in [-0.1, -0.05) is 24.3 Å². The Balaban J connectivity index is 1.34.